The Morgan fingerprint density at radius 3 is 2.64 bits per heavy atom. The number of nitrogens with zero attached hydrogens (tertiary/aromatic N) is 1. The number of nitrogens with two attached hydrogens (primary N) is 1. The predicted octanol–water partition coefficient (Wildman–Crippen LogP) is 4.96. The number of pyridine rings is 1. The van der Waals surface area contributed by atoms with Crippen molar-refractivity contribution in [2.45, 2.75) is 39.2 Å². The van der Waals surface area contributed by atoms with Gasteiger partial charge in [0.2, 0.25) is 5.91 Å². The van der Waals surface area contributed by atoms with E-state index in [4.69, 9.17) is 22.1 Å². The summed E-state index contributed by atoms with van der Waals surface area (Å²) in [6.45, 7) is 4.34. The Morgan fingerprint density at radius 2 is 1.97 bits per heavy atom. The minimum Gasteiger partial charge on any atom is -0.491 e. The van der Waals surface area contributed by atoms with Crippen LogP contribution in [0.1, 0.15) is 48.7 Å². The monoisotopic (exact) mass is 511 g/mol. The molecule has 2 aromatic carbocycles. The van der Waals surface area contributed by atoms with Crippen LogP contribution in [0.3, 0.4) is 0 Å². The number of carbonyl (C=O) groups excluding carboxylic acids is 2. The summed E-state index contributed by atoms with van der Waals surface area (Å²) < 4.78 is 21.6. The van der Waals surface area contributed by atoms with Gasteiger partial charge in [0.05, 0.1) is 18.4 Å². The van der Waals surface area contributed by atoms with E-state index in [-0.39, 0.29) is 22.7 Å². The third kappa shape index (κ3) is 5.14. The molecular weight excluding hydrogens is 485 g/mol. The summed E-state index contributed by atoms with van der Waals surface area (Å²) in [5.41, 5.74) is 7.17. The average molecular weight is 512 g/mol. The zero-order chi connectivity index (χ0) is 26.0. The van der Waals surface area contributed by atoms with Crippen LogP contribution >= 0.6 is 11.6 Å². The molecule has 4 rings (SSSR count). The third-order valence-corrected chi connectivity index (χ3v) is 6.73. The van der Waals surface area contributed by atoms with Gasteiger partial charge in [-0.2, -0.15) is 0 Å². The van der Waals surface area contributed by atoms with Crippen molar-refractivity contribution >= 4 is 29.1 Å². The van der Waals surface area contributed by atoms with Crippen LogP contribution in [0.2, 0.25) is 5.02 Å². The number of amides is 2. The lowest BCUT2D eigenvalue weighted by atomic mass is 9.90. The molecule has 1 aliphatic rings. The summed E-state index contributed by atoms with van der Waals surface area (Å²) in [6.07, 6.45) is 3.58. The molecule has 7 nitrogen and oxygen atoms in total. The maximum Gasteiger partial charge on any atom is 0.252 e. The molecule has 0 fully saturated rings. The van der Waals surface area contributed by atoms with Gasteiger partial charge < -0.3 is 15.8 Å². The van der Waals surface area contributed by atoms with Crippen molar-refractivity contribution in [3.63, 3.8) is 0 Å². The summed E-state index contributed by atoms with van der Waals surface area (Å²) in [6, 6.07) is 9.83. The summed E-state index contributed by atoms with van der Waals surface area (Å²) in [4.78, 5) is 37.6. The first-order valence-corrected chi connectivity index (χ1v) is 12.2. The molecule has 0 saturated carbocycles. The number of rotatable bonds is 6. The van der Waals surface area contributed by atoms with Gasteiger partial charge >= 0.3 is 0 Å². The Hall–Kier alpha value is -3.65. The standard InChI is InChI=1S/C27H27ClFN3O4/c1-3-15-9-16-5-6-17(28)10-20(16)21-12-25(33)32(13-24(21)36-14-15)23(4-2)27(35)31-18-7-8-19(26(30)34)22(29)11-18/h5-8,10-13,15,23H,3-4,9,14H2,1-2H3,(H2,30,34)(H,31,35)/t15?,23-/m0/s1. The van der Waals surface area contributed by atoms with Crippen LogP contribution in [0.15, 0.2) is 53.5 Å². The van der Waals surface area contributed by atoms with Crippen LogP contribution in [0.25, 0.3) is 11.1 Å². The highest BCUT2D eigenvalue weighted by Gasteiger charge is 2.25. The normalized spacial score (nSPS) is 15.5. The number of hydrogen-bond donors (Lipinski definition) is 2. The molecule has 2 atom stereocenters. The minimum atomic E-state index is -0.905. The van der Waals surface area contributed by atoms with Crippen LogP contribution < -0.4 is 21.3 Å². The molecule has 2 heterocycles. The number of hydrogen-bond acceptors (Lipinski definition) is 4. The summed E-state index contributed by atoms with van der Waals surface area (Å²) in [7, 11) is 0. The molecule has 1 aromatic heterocycles. The van der Waals surface area contributed by atoms with Crippen molar-refractivity contribution in [1.29, 1.82) is 0 Å². The maximum absolute atomic E-state index is 14.2. The fraction of sp³-hybridized carbons (Fsp3) is 0.296. The lowest BCUT2D eigenvalue weighted by Gasteiger charge is -2.26. The lowest BCUT2D eigenvalue weighted by molar-refractivity contribution is -0.119. The molecule has 9 heteroatoms. The van der Waals surface area contributed by atoms with E-state index in [1.165, 1.54) is 22.8 Å². The topological polar surface area (TPSA) is 103 Å². The number of aromatic nitrogens is 1. The van der Waals surface area contributed by atoms with E-state index in [1.807, 2.05) is 18.2 Å². The van der Waals surface area contributed by atoms with Crippen LogP contribution in [0, 0.1) is 11.7 Å². The average Bonchev–Trinajstić information content (AvgIpc) is 2.83. The predicted molar refractivity (Wildman–Crippen MR) is 137 cm³/mol. The number of primary amides is 1. The van der Waals surface area contributed by atoms with Crippen LogP contribution in [0.5, 0.6) is 5.75 Å². The molecule has 1 unspecified atom stereocenters. The molecule has 0 bridgehead atoms. The Kier molecular flexibility index (Phi) is 7.45. The van der Waals surface area contributed by atoms with Crippen molar-refractivity contribution < 1.29 is 18.7 Å². The highest BCUT2D eigenvalue weighted by molar-refractivity contribution is 6.30. The van der Waals surface area contributed by atoms with Crippen molar-refractivity contribution in [1.82, 2.24) is 4.57 Å². The van der Waals surface area contributed by atoms with E-state index in [1.54, 1.807) is 13.1 Å². The van der Waals surface area contributed by atoms with E-state index in [9.17, 15) is 18.8 Å². The van der Waals surface area contributed by atoms with Gasteiger partial charge in [0.1, 0.15) is 17.6 Å². The Morgan fingerprint density at radius 1 is 1.19 bits per heavy atom. The first-order chi connectivity index (χ1) is 17.2. The highest BCUT2D eigenvalue weighted by atomic mass is 35.5. The van der Waals surface area contributed by atoms with Crippen LogP contribution in [-0.4, -0.2) is 23.0 Å². The minimum absolute atomic E-state index is 0.144. The van der Waals surface area contributed by atoms with Crippen molar-refractivity contribution in [3.8, 4) is 16.9 Å². The van der Waals surface area contributed by atoms with E-state index < -0.39 is 23.7 Å². The lowest BCUT2D eigenvalue weighted by Crippen LogP contribution is -2.33. The fourth-order valence-electron chi connectivity index (χ4n) is 4.44. The van der Waals surface area contributed by atoms with Gasteiger partial charge in [0.15, 0.2) is 0 Å². The van der Waals surface area contributed by atoms with E-state index in [2.05, 4.69) is 12.2 Å². The number of benzene rings is 2. The fourth-order valence-corrected chi connectivity index (χ4v) is 4.61. The van der Waals surface area contributed by atoms with Gasteiger partial charge in [-0.1, -0.05) is 31.5 Å². The zero-order valence-corrected chi connectivity index (χ0v) is 20.8. The largest absolute Gasteiger partial charge is 0.491 e. The third-order valence-electron chi connectivity index (χ3n) is 6.49. The molecule has 36 heavy (non-hydrogen) atoms. The molecule has 188 valence electrons. The van der Waals surface area contributed by atoms with Gasteiger partial charge in [-0.05, 0) is 66.6 Å². The number of carbonyl (C=O) groups is 2. The summed E-state index contributed by atoms with van der Waals surface area (Å²) in [5.74, 6) is -1.49. The summed E-state index contributed by atoms with van der Waals surface area (Å²) in [5, 5.41) is 3.17. The number of nitrogens with one attached hydrogen (secondary N) is 1. The number of fused-ring (bicyclic) bond motifs is 3. The second-order valence-electron chi connectivity index (χ2n) is 8.86. The first-order valence-electron chi connectivity index (χ1n) is 11.8. The molecule has 3 N–H and O–H groups in total. The molecule has 1 aliphatic heterocycles. The Balaban J connectivity index is 1.71. The Labute approximate surface area is 213 Å². The molecular formula is C27H27ClFN3O4. The number of halogens is 2. The zero-order valence-electron chi connectivity index (χ0n) is 20.0. The molecule has 0 radical (unpaired) electrons. The van der Waals surface area contributed by atoms with Crippen molar-refractivity contribution in [2.24, 2.45) is 11.7 Å². The molecule has 3 aromatic rings. The van der Waals surface area contributed by atoms with Gasteiger partial charge in [-0.25, -0.2) is 4.39 Å². The van der Waals surface area contributed by atoms with Crippen molar-refractivity contribution in [2.75, 3.05) is 11.9 Å². The quantitative estimate of drug-likeness (QED) is 0.488. The summed E-state index contributed by atoms with van der Waals surface area (Å²) >= 11 is 6.28. The molecule has 0 saturated heterocycles. The van der Waals surface area contributed by atoms with Crippen LogP contribution in [-0.2, 0) is 11.2 Å². The van der Waals surface area contributed by atoms with Crippen molar-refractivity contribution in [3.05, 3.63) is 81.0 Å². The SMILES string of the molecule is CCC1COc2cn([C@@H](CC)C(=O)Nc3ccc(C(N)=O)c(F)c3)c(=O)cc2-c2cc(Cl)ccc2C1. The van der Waals surface area contributed by atoms with E-state index >= 15 is 0 Å². The van der Waals surface area contributed by atoms with Crippen LogP contribution in [0.4, 0.5) is 10.1 Å². The number of anilines is 1. The molecule has 2 amide bonds. The molecule has 0 spiro atoms. The highest BCUT2D eigenvalue weighted by Crippen LogP contribution is 2.37. The van der Waals surface area contributed by atoms with Gasteiger partial charge in [0, 0.05) is 22.3 Å². The van der Waals surface area contributed by atoms with E-state index in [0.717, 1.165) is 30.0 Å². The van der Waals surface area contributed by atoms with Gasteiger partial charge in [-0.3, -0.25) is 19.0 Å². The second kappa shape index (κ2) is 10.5. The maximum atomic E-state index is 14.2. The molecule has 0 aliphatic carbocycles. The number of ether oxygens (including phenoxy) is 1. The first kappa shape index (κ1) is 25.4. The van der Waals surface area contributed by atoms with Gasteiger partial charge in [-0.15, -0.1) is 0 Å². The second-order valence-corrected chi connectivity index (χ2v) is 9.30. The van der Waals surface area contributed by atoms with Gasteiger partial charge in [0.25, 0.3) is 11.5 Å². The smallest absolute Gasteiger partial charge is 0.252 e. The van der Waals surface area contributed by atoms with E-state index in [0.29, 0.717) is 29.4 Å². The Bertz CT molecular complexity index is 1390.